The molecular weight excluding hydrogens is 208 g/mol. The van der Waals surface area contributed by atoms with E-state index in [1.165, 1.54) is 0 Å². The molecule has 5 heteroatoms. The molecule has 1 aliphatic rings. The molecule has 0 aliphatic carbocycles. The third kappa shape index (κ3) is 1.85. The molecule has 0 spiro atoms. The predicted octanol–water partition coefficient (Wildman–Crippen LogP) is 0.515. The zero-order chi connectivity index (χ0) is 11.7. The molecule has 0 saturated heterocycles. The molecule has 2 heterocycles. The second-order valence-electron chi connectivity index (χ2n) is 4.08. The van der Waals surface area contributed by atoms with Crippen molar-refractivity contribution in [2.75, 3.05) is 0 Å². The Morgan fingerprint density at radius 2 is 2.25 bits per heavy atom. The fraction of sp³-hybridized carbons (Fsp3) is 0.545. The lowest BCUT2D eigenvalue weighted by molar-refractivity contribution is -0.136. The van der Waals surface area contributed by atoms with E-state index in [9.17, 15) is 9.59 Å². The Hall–Kier alpha value is -1.65. The number of hydrogen-bond acceptors (Lipinski definition) is 3. The molecular formula is C11H14N2O3. The first-order chi connectivity index (χ1) is 7.59. The molecule has 2 rings (SSSR count). The summed E-state index contributed by atoms with van der Waals surface area (Å²) >= 11 is 0. The number of aryl methyl sites for hydroxylation is 2. The molecule has 0 amide bonds. The van der Waals surface area contributed by atoms with Gasteiger partial charge in [-0.05, 0) is 19.8 Å². The van der Waals surface area contributed by atoms with E-state index < -0.39 is 5.97 Å². The Balaban J connectivity index is 2.54. The molecule has 0 atom stereocenters. The van der Waals surface area contributed by atoms with Crippen molar-refractivity contribution < 1.29 is 9.90 Å². The van der Waals surface area contributed by atoms with Crippen LogP contribution in [0.4, 0.5) is 0 Å². The van der Waals surface area contributed by atoms with Gasteiger partial charge in [-0.1, -0.05) is 0 Å². The third-order valence-electron chi connectivity index (χ3n) is 2.91. The summed E-state index contributed by atoms with van der Waals surface area (Å²) in [5.74, 6) is -0.193. The van der Waals surface area contributed by atoms with Gasteiger partial charge in [0, 0.05) is 24.2 Å². The number of rotatable bonds is 2. The van der Waals surface area contributed by atoms with Gasteiger partial charge < -0.3 is 5.11 Å². The van der Waals surface area contributed by atoms with Gasteiger partial charge in [0.15, 0.2) is 0 Å². The number of carboxylic acid groups (broad SMARTS) is 1. The second-order valence-corrected chi connectivity index (χ2v) is 4.08. The number of aliphatic carboxylic acids is 1. The van der Waals surface area contributed by atoms with Gasteiger partial charge in [-0.2, -0.15) is 0 Å². The van der Waals surface area contributed by atoms with Crippen LogP contribution < -0.4 is 5.56 Å². The van der Waals surface area contributed by atoms with Crippen molar-refractivity contribution in [1.29, 1.82) is 0 Å². The number of fused-ring (bicyclic) bond motifs is 1. The molecule has 16 heavy (non-hydrogen) atoms. The van der Waals surface area contributed by atoms with E-state index in [0.717, 1.165) is 25.1 Å². The van der Waals surface area contributed by atoms with Crippen LogP contribution in [0.1, 0.15) is 29.9 Å². The molecule has 0 radical (unpaired) electrons. The molecule has 0 fully saturated rings. The van der Waals surface area contributed by atoms with Crippen LogP contribution in [0.15, 0.2) is 4.79 Å². The van der Waals surface area contributed by atoms with Gasteiger partial charge in [0.2, 0.25) is 0 Å². The first kappa shape index (κ1) is 10.9. The smallest absolute Gasteiger partial charge is 0.308 e. The summed E-state index contributed by atoms with van der Waals surface area (Å²) in [6, 6.07) is 0. The van der Waals surface area contributed by atoms with Gasteiger partial charge in [0.1, 0.15) is 5.82 Å². The second kappa shape index (κ2) is 4.08. The van der Waals surface area contributed by atoms with Crippen LogP contribution in [0.5, 0.6) is 0 Å². The Labute approximate surface area is 92.7 Å². The predicted molar refractivity (Wildman–Crippen MR) is 57.5 cm³/mol. The lowest BCUT2D eigenvalue weighted by Gasteiger charge is -2.18. The fourth-order valence-corrected chi connectivity index (χ4v) is 2.09. The van der Waals surface area contributed by atoms with Crippen molar-refractivity contribution in [3.05, 3.63) is 27.4 Å². The number of hydrogen-bond donors (Lipinski definition) is 1. The molecule has 0 saturated carbocycles. The van der Waals surface area contributed by atoms with E-state index in [1.54, 1.807) is 11.5 Å². The number of carboxylic acids is 1. The number of aromatic nitrogens is 2. The van der Waals surface area contributed by atoms with Crippen LogP contribution in [0.25, 0.3) is 0 Å². The summed E-state index contributed by atoms with van der Waals surface area (Å²) in [6.07, 6.45) is 2.58. The summed E-state index contributed by atoms with van der Waals surface area (Å²) in [5, 5.41) is 8.74. The molecule has 0 unspecified atom stereocenters. The highest BCUT2D eigenvalue weighted by atomic mass is 16.4. The molecule has 1 aliphatic heterocycles. The van der Waals surface area contributed by atoms with E-state index in [-0.39, 0.29) is 12.0 Å². The van der Waals surface area contributed by atoms with Crippen LogP contribution in [0.2, 0.25) is 0 Å². The van der Waals surface area contributed by atoms with Crippen LogP contribution in [0.3, 0.4) is 0 Å². The minimum absolute atomic E-state index is 0.176. The summed E-state index contributed by atoms with van der Waals surface area (Å²) < 4.78 is 1.62. The minimum atomic E-state index is -0.988. The fourth-order valence-electron chi connectivity index (χ4n) is 2.09. The van der Waals surface area contributed by atoms with Crippen molar-refractivity contribution in [3.63, 3.8) is 0 Å². The van der Waals surface area contributed by atoms with Crippen molar-refractivity contribution >= 4 is 5.97 Å². The maximum atomic E-state index is 12.0. The minimum Gasteiger partial charge on any atom is -0.481 e. The normalized spacial score (nSPS) is 14.6. The van der Waals surface area contributed by atoms with E-state index in [0.29, 0.717) is 17.8 Å². The Morgan fingerprint density at radius 1 is 1.50 bits per heavy atom. The van der Waals surface area contributed by atoms with E-state index in [4.69, 9.17) is 5.11 Å². The van der Waals surface area contributed by atoms with Gasteiger partial charge in [0.05, 0.1) is 6.42 Å². The molecule has 86 valence electrons. The quantitative estimate of drug-likeness (QED) is 0.791. The number of nitrogens with zero attached hydrogens (tertiary/aromatic N) is 2. The average molecular weight is 222 g/mol. The third-order valence-corrected chi connectivity index (χ3v) is 2.91. The Kier molecular flexibility index (Phi) is 2.77. The van der Waals surface area contributed by atoms with Gasteiger partial charge >= 0.3 is 5.97 Å². The van der Waals surface area contributed by atoms with Crippen molar-refractivity contribution in [3.8, 4) is 0 Å². The first-order valence-corrected chi connectivity index (χ1v) is 5.40. The average Bonchev–Trinajstić information content (AvgIpc) is 2.24. The summed E-state index contributed by atoms with van der Waals surface area (Å²) in [6.45, 7) is 2.36. The lowest BCUT2D eigenvalue weighted by atomic mass is 10.1. The SMILES string of the molecule is Cc1nc2n(c(=O)c1CC(=O)O)CCCC2. The molecule has 0 bridgehead atoms. The Bertz CT molecular complexity index is 491. The highest BCUT2D eigenvalue weighted by molar-refractivity contribution is 5.70. The van der Waals surface area contributed by atoms with Crippen molar-refractivity contribution in [2.45, 2.75) is 39.2 Å². The Morgan fingerprint density at radius 3 is 2.94 bits per heavy atom. The van der Waals surface area contributed by atoms with Gasteiger partial charge in [-0.25, -0.2) is 4.98 Å². The highest BCUT2D eigenvalue weighted by Crippen LogP contribution is 2.12. The zero-order valence-electron chi connectivity index (χ0n) is 9.19. The molecule has 5 nitrogen and oxygen atoms in total. The standard InChI is InChI=1S/C11H14N2O3/c1-7-8(6-10(14)15)11(16)13-5-3-2-4-9(13)12-7/h2-6H2,1H3,(H,14,15). The largest absolute Gasteiger partial charge is 0.481 e. The molecule has 1 N–H and O–H groups in total. The summed E-state index contributed by atoms with van der Waals surface area (Å²) in [5.41, 5.74) is 0.698. The molecule has 1 aromatic rings. The van der Waals surface area contributed by atoms with Crippen LogP contribution >= 0.6 is 0 Å². The van der Waals surface area contributed by atoms with Crippen LogP contribution in [-0.4, -0.2) is 20.6 Å². The first-order valence-electron chi connectivity index (χ1n) is 5.40. The van der Waals surface area contributed by atoms with Crippen LogP contribution in [-0.2, 0) is 24.2 Å². The van der Waals surface area contributed by atoms with Gasteiger partial charge in [0.25, 0.3) is 5.56 Å². The van der Waals surface area contributed by atoms with E-state index >= 15 is 0 Å². The summed E-state index contributed by atoms with van der Waals surface area (Å²) in [4.78, 5) is 27.0. The van der Waals surface area contributed by atoms with Crippen molar-refractivity contribution in [2.24, 2.45) is 0 Å². The molecule has 1 aromatic heterocycles. The van der Waals surface area contributed by atoms with Gasteiger partial charge in [-0.3, -0.25) is 14.2 Å². The zero-order valence-corrected chi connectivity index (χ0v) is 9.19. The van der Waals surface area contributed by atoms with Gasteiger partial charge in [-0.15, -0.1) is 0 Å². The van der Waals surface area contributed by atoms with Crippen molar-refractivity contribution in [1.82, 2.24) is 9.55 Å². The lowest BCUT2D eigenvalue weighted by Crippen LogP contribution is -2.32. The van der Waals surface area contributed by atoms with Crippen LogP contribution in [0, 0.1) is 6.92 Å². The van der Waals surface area contributed by atoms with E-state index in [2.05, 4.69) is 4.98 Å². The topological polar surface area (TPSA) is 72.2 Å². The monoisotopic (exact) mass is 222 g/mol. The number of carbonyl (C=O) groups is 1. The maximum absolute atomic E-state index is 12.0. The maximum Gasteiger partial charge on any atom is 0.308 e. The summed E-state index contributed by atoms with van der Waals surface area (Å²) in [7, 11) is 0. The highest BCUT2D eigenvalue weighted by Gasteiger charge is 2.18. The molecule has 0 aromatic carbocycles. The van der Waals surface area contributed by atoms with E-state index in [1.807, 2.05) is 0 Å².